The molecular formula is C18H17Cl2NO4. The minimum Gasteiger partial charge on any atom is -0.479 e. The molecule has 0 fully saturated rings. The van der Waals surface area contributed by atoms with Crippen LogP contribution in [0.1, 0.15) is 13.8 Å². The summed E-state index contributed by atoms with van der Waals surface area (Å²) in [5.41, 5.74) is 0.416. The molecule has 7 heteroatoms. The molecule has 0 aliphatic carbocycles. The van der Waals surface area contributed by atoms with Crippen molar-refractivity contribution in [3.63, 3.8) is 0 Å². The van der Waals surface area contributed by atoms with Crippen molar-refractivity contribution >= 4 is 40.8 Å². The summed E-state index contributed by atoms with van der Waals surface area (Å²) in [5, 5.41) is 3.36. The fraction of sp³-hybridized carbons (Fsp3) is 0.222. The zero-order valence-corrected chi connectivity index (χ0v) is 15.2. The predicted molar refractivity (Wildman–Crippen MR) is 97.2 cm³/mol. The summed E-state index contributed by atoms with van der Waals surface area (Å²) in [5.74, 6) is -0.605. The van der Waals surface area contributed by atoms with Gasteiger partial charge in [0.1, 0.15) is 5.75 Å². The van der Waals surface area contributed by atoms with Crippen LogP contribution in [-0.4, -0.2) is 24.1 Å². The van der Waals surface area contributed by atoms with E-state index in [-0.39, 0.29) is 0 Å². The smallest absolute Gasteiger partial charge is 0.347 e. The number of ether oxygens (including phenoxy) is 2. The predicted octanol–water partition coefficient (Wildman–Crippen LogP) is 4.33. The maximum absolute atomic E-state index is 12.1. The van der Waals surface area contributed by atoms with Crippen LogP contribution >= 0.6 is 23.2 Å². The van der Waals surface area contributed by atoms with Gasteiger partial charge < -0.3 is 14.8 Å². The lowest BCUT2D eigenvalue weighted by Gasteiger charge is -2.18. The van der Waals surface area contributed by atoms with Gasteiger partial charge in [0.2, 0.25) is 0 Å². The Bertz CT molecular complexity index is 732. The Morgan fingerprint density at radius 1 is 0.960 bits per heavy atom. The van der Waals surface area contributed by atoms with Crippen LogP contribution in [-0.2, 0) is 14.3 Å². The zero-order valence-electron chi connectivity index (χ0n) is 13.7. The molecule has 0 spiro atoms. The molecule has 0 aromatic heterocycles. The van der Waals surface area contributed by atoms with Crippen LogP contribution in [0.25, 0.3) is 0 Å². The number of para-hydroxylation sites is 1. The number of halogens is 2. The summed E-state index contributed by atoms with van der Waals surface area (Å²) in [6.07, 6.45) is -1.86. The van der Waals surface area contributed by atoms with Gasteiger partial charge in [0.05, 0.1) is 0 Å². The number of carbonyl (C=O) groups is 2. The minimum atomic E-state index is -1.01. The monoisotopic (exact) mass is 381 g/mol. The number of anilines is 1. The highest BCUT2D eigenvalue weighted by Gasteiger charge is 2.23. The van der Waals surface area contributed by atoms with Crippen molar-refractivity contribution in [2.24, 2.45) is 0 Å². The van der Waals surface area contributed by atoms with Crippen LogP contribution in [0.15, 0.2) is 48.5 Å². The van der Waals surface area contributed by atoms with Gasteiger partial charge in [-0.25, -0.2) is 4.79 Å². The zero-order chi connectivity index (χ0) is 18.4. The summed E-state index contributed by atoms with van der Waals surface area (Å²) in [6, 6.07) is 13.5. The maximum Gasteiger partial charge on any atom is 0.347 e. The van der Waals surface area contributed by atoms with Gasteiger partial charge in [-0.3, -0.25) is 4.79 Å². The van der Waals surface area contributed by atoms with E-state index in [0.717, 1.165) is 0 Å². The van der Waals surface area contributed by atoms with Crippen molar-refractivity contribution < 1.29 is 19.1 Å². The molecular weight excluding hydrogens is 365 g/mol. The molecule has 1 N–H and O–H groups in total. The molecule has 2 aromatic carbocycles. The van der Waals surface area contributed by atoms with Gasteiger partial charge in [0, 0.05) is 15.7 Å². The standard InChI is InChI=1S/C18H17Cl2NO4/c1-11(17(22)21-15-9-13(19)8-14(20)10-15)25-18(23)12(2)24-16-6-4-3-5-7-16/h3-12H,1-2H3,(H,21,22)/t11-,12-/m1/s1. The van der Waals surface area contributed by atoms with Gasteiger partial charge in [-0.2, -0.15) is 0 Å². The van der Waals surface area contributed by atoms with Gasteiger partial charge in [0.15, 0.2) is 12.2 Å². The first-order valence-electron chi connectivity index (χ1n) is 7.54. The van der Waals surface area contributed by atoms with Gasteiger partial charge in [-0.05, 0) is 44.2 Å². The van der Waals surface area contributed by atoms with Gasteiger partial charge in [0.25, 0.3) is 5.91 Å². The molecule has 0 heterocycles. The Hall–Kier alpha value is -2.24. The SMILES string of the molecule is C[C@@H](OC(=O)[C@@H](C)Oc1ccccc1)C(=O)Nc1cc(Cl)cc(Cl)c1. The molecule has 2 aromatic rings. The molecule has 132 valence electrons. The van der Waals surface area contributed by atoms with Gasteiger partial charge in [-0.15, -0.1) is 0 Å². The second-order valence-corrected chi connectivity index (χ2v) is 6.17. The van der Waals surface area contributed by atoms with Crippen molar-refractivity contribution in [1.29, 1.82) is 0 Å². The Labute approximate surface area is 155 Å². The molecule has 1 amide bonds. The van der Waals surface area contributed by atoms with Crippen LogP contribution in [0.4, 0.5) is 5.69 Å². The highest BCUT2D eigenvalue weighted by atomic mass is 35.5. The summed E-state index contributed by atoms with van der Waals surface area (Å²) in [7, 11) is 0. The Morgan fingerprint density at radius 3 is 2.16 bits per heavy atom. The number of carbonyl (C=O) groups excluding carboxylic acids is 2. The molecule has 5 nitrogen and oxygen atoms in total. The van der Waals surface area contributed by atoms with Crippen LogP contribution in [0.2, 0.25) is 10.0 Å². The van der Waals surface area contributed by atoms with Crippen molar-refractivity contribution in [3.05, 3.63) is 58.6 Å². The number of amides is 1. The summed E-state index contributed by atoms with van der Waals surface area (Å²) in [6.45, 7) is 3.02. The molecule has 0 saturated heterocycles. The van der Waals surface area contributed by atoms with E-state index in [0.29, 0.717) is 21.5 Å². The third kappa shape index (κ3) is 5.96. The average Bonchev–Trinajstić information content (AvgIpc) is 2.54. The lowest BCUT2D eigenvalue weighted by Crippen LogP contribution is -2.35. The van der Waals surface area contributed by atoms with E-state index in [9.17, 15) is 9.59 Å². The van der Waals surface area contributed by atoms with Crippen molar-refractivity contribution in [3.8, 4) is 5.75 Å². The van der Waals surface area contributed by atoms with Crippen LogP contribution < -0.4 is 10.1 Å². The van der Waals surface area contributed by atoms with Crippen molar-refractivity contribution in [2.45, 2.75) is 26.1 Å². The Balaban J connectivity index is 1.90. The lowest BCUT2D eigenvalue weighted by atomic mass is 10.3. The molecule has 0 radical (unpaired) electrons. The number of hydrogen-bond acceptors (Lipinski definition) is 4. The van der Waals surface area contributed by atoms with Gasteiger partial charge >= 0.3 is 5.97 Å². The maximum atomic E-state index is 12.1. The molecule has 0 unspecified atom stereocenters. The fourth-order valence-corrected chi connectivity index (χ4v) is 2.47. The summed E-state index contributed by atoms with van der Waals surface area (Å²) < 4.78 is 10.6. The topological polar surface area (TPSA) is 64.6 Å². The van der Waals surface area contributed by atoms with Gasteiger partial charge in [-0.1, -0.05) is 41.4 Å². The Kier molecular flexibility index (Phi) is 6.67. The largest absolute Gasteiger partial charge is 0.479 e. The average molecular weight is 382 g/mol. The third-order valence-corrected chi connectivity index (χ3v) is 3.62. The quantitative estimate of drug-likeness (QED) is 0.756. The van der Waals surface area contributed by atoms with E-state index in [1.165, 1.54) is 6.92 Å². The first-order chi connectivity index (χ1) is 11.8. The Morgan fingerprint density at radius 2 is 1.56 bits per heavy atom. The van der Waals surface area contributed by atoms with E-state index in [1.54, 1.807) is 49.4 Å². The second-order valence-electron chi connectivity index (χ2n) is 5.30. The molecule has 0 saturated carbocycles. The highest BCUT2D eigenvalue weighted by Crippen LogP contribution is 2.22. The number of esters is 1. The van der Waals surface area contributed by atoms with E-state index in [2.05, 4.69) is 5.32 Å². The highest BCUT2D eigenvalue weighted by molar-refractivity contribution is 6.35. The minimum absolute atomic E-state index is 0.386. The van der Waals surface area contributed by atoms with Crippen molar-refractivity contribution in [1.82, 2.24) is 0 Å². The number of hydrogen-bond donors (Lipinski definition) is 1. The van der Waals surface area contributed by atoms with E-state index in [4.69, 9.17) is 32.7 Å². The van der Waals surface area contributed by atoms with Crippen molar-refractivity contribution in [2.75, 3.05) is 5.32 Å². The molecule has 2 rings (SSSR count). The number of benzene rings is 2. The van der Waals surface area contributed by atoms with Crippen LogP contribution in [0, 0.1) is 0 Å². The van der Waals surface area contributed by atoms with E-state index in [1.807, 2.05) is 6.07 Å². The fourth-order valence-electron chi connectivity index (χ4n) is 1.94. The summed E-state index contributed by atoms with van der Waals surface area (Å²) >= 11 is 11.8. The molecule has 2 atom stereocenters. The normalized spacial score (nSPS) is 12.8. The molecule has 0 aliphatic rings. The third-order valence-electron chi connectivity index (χ3n) is 3.18. The summed E-state index contributed by atoms with van der Waals surface area (Å²) in [4.78, 5) is 24.2. The van der Waals surface area contributed by atoms with E-state index >= 15 is 0 Å². The molecule has 0 bridgehead atoms. The number of rotatable bonds is 6. The number of nitrogens with one attached hydrogen (secondary N) is 1. The molecule has 0 aliphatic heterocycles. The van der Waals surface area contributed by atoms with Crippen LogP contribution in [0.3, 0.4) is 0 Å². The first kappa shape index (κ1) is 19.1. The van der Waals surface area contributed by atoms with Crippen LogP contribution in [0.5, 0.6) is 5.75 Å². The van der Waals surface area contributed by atoms with E-state index < -0.39 is 24.1 Å². The first-order valence-corrected chi connectivity index (χ1v) is 8.30. The molecule has 25 heavy (non-hydrogen) atoms. The second kappa shape index (κ2) is 8.74. The lowest BCUT2D eigenvalue weighted by molar-refractivity contribution is -0.159.